The smallest absolute Gasteiger partial charge is 0.326 e. The molecule has 0 bridgehead atoms. The summed E-state index contributed by atoms with van der Waals surface area (Å²) in [5.74, 6) is 0.908. The minimum atomic E-state index is -0.120. The van der Waals surface area contributed by atoms with Crippen LogP contribution in [0.2, 0.25) is 0 Å². The Kier molecular flexibility index (Phi) is 3.04. The molecule has 0 radical (unpaired) electrons. The number of aromatic amines is 1. The van der Waals surface area contributed by atoms with Crippen LogP contribution in [0.25, 0.3) is 33.9 Å². The number of nitrogens with one attached hydrogen (secondary N) is 1. The number of rotatable bonds is 3. The van der Waals surface area contributed by atoms with Crippen LogP contribution in [-0.2, 0) is 6.54 Å². The number of H-pyrrole nitrogens is 1. The van der Waals surface area contributed by atoms with E-state index >= 15 is 0 Å². The van der Waals surface area contributed by atoms with E-state index in [0.717, 1.165) is 22.2 Å². The van der Waals surface area contributed by atoms with Crippen LogP contribution in [0.4, 0.5) is 0 Å². The Morgan fingerprint density at radius 2 is 2.00 bits per heavy atom. The molecule has 0 aliphatic carbocycles. The van der Waals surface area contributed by atoms with Crippen molar-refractivity contribution in [2.75, 3.05) is 0 Å². The maximum atomic E-state index is 11.9. The van der Waals surface area contributed by atoms with E-state index in [0.29, 0.717) is 18.3 Å². The first-order chi connectivity index (χ1) is 11.3. The number of fused-ring (bicyclic) bond motifs is 1. The van der Waals surface area contributed by atoms with Gasteiger partial charge in [0.2, 0.25) is 5.82 Å². The second-order valence-corrected chi connectivity index (χ2v) is 5.07. The summed E-state index contributed by atoms with van der Waals surface area (Å²) in [6.45, 7) is 2.55. The number of pyridine rings is 1. The van der Waals surface area contributed by atoms with E-state index in [-0.39, 0.29) is 5.69 Å². The van der Waals surface area contributed by atoms with Crippen LogP contribution < -0.4 is 5.69 Å². The molecular formula is C16H13N5O2. The minimum Gasteiger partial charge on any atom is -0.334 e. The average Bonchev–Trinajstić information content (AvgIpc) is 3.18. The molecule has 0 aliphatic heterocycles. The van der Waals surface area contributed by atoms with E-state index in [1.807, 2.05) is 25.1 Å². The topological polar surface area (TPSA) is 89.6 Å². The predicted octanol–water partition coefficient (Wildman–Crippen LogP) is 2.46. The van der Waals surface area contributed by atoms with Gasteiger partial charge < -0.3 is 9.51 Å². The van der Waals surface area contributed by atoms with Crippen molar-refractivity contribution in [1.29, 1.82) is 0 Å². The summed E-state index contributed by atoms with van der Waals surface area (Å²) in [5.41, 5.74) is 3.09. The standard InChI is InChI=1S/C16H13N5O2/c1-2-21-13-4-3-11(9-12(13)18-16(21)22)14-19-15(23-20-14)10-5-7-17-8-6-10/h3-9H,2H2,1H3,(H,18,22). The number of hydrogen-bond acceptors (Lipinski definition) is 5. The third kappa shape index (κ3) is 2.22. The molecule has 0 atom stereocenters. The van der Waals surface area contributed by atoms with Crippen molar-refractivity contribution in [2.45, 2.75) is 13.5 Å². The molecule has 0 fully saturated rings. The first kappa shape index (κ1) is 13.4. The van der Waals surface area contributed by atoms with Crippen molar-refractivity contribution in [1.82, 2.24) is 24.7 Å². The average molecular weight is 307 g/mol. The predicted molar refractivity (Wildman–Crippen MR) is 84.8 cm³/mol. The molecule has 7 heteroatoms. The maximum absolute atomic E-state index is 11.9. The molecule has 0 spiro atoms. The van der Waals surface area contributed by atoms with Gasteiger partial charge in [-0.2, -0.15) is 4.98 Å². The van der Waals surface area contributed by atoms with Gasteiger partial charge in [0.15, 0.2) is 0 Å². The number of imidazole rings is 1. The van der Waals surface area contributed by atoms with Crippen molar-refractivity contribution in [3.8, 4) is 22.8 Å². The summed E-state index contributed by atoms with van der Waals surface area (Å²) in [7, 11) is 0. The number of nitrogens with zero attached hydrogens (tertiary/aromatic N) is 4. The van der Waals surface area contributed by atoms with Crippen LogP contribution in [0.5, 0.6) is 0 Å². The minimum absolute atomic E-state index is 0.120. The van der Waals surface area contributed by atoms with Crippen molar-refractivity contribution >= 4 is 11.0 Å². The van der Waals surface area contributed by atoms with Gasteiger partial charge in [-0.25, -0.2) is 4.79 Å². The Labute approximate surface area is 130 Å². The normalized spacial score (nSPS) is 11.2. The van der Waals surface area contributed by atoms with E-state index in [4.69, 9.17) is 4.52 Å². The molecule has 0 aliphatic rings. The summed E-state index contributed by atoms with van der Waals surface area (Å²) in [4.78, 5) is 23.1. The number of benzene rings is 1. The highest BCUT2D eigenvalue weighted by Crippen LogP contribution is 2.24. The maximum Gasteiger partial charge on any atom is 0.326 e. The summed E-state index contributed by atoms with van der Waals surface area (Å²) in [6.07, 6.45) is 3.34. The number of aryl methyl sites for hydroxylation is 1. The van der Waals surface area contributed by atoms with E-state index < -0.39 is 0 Å². The Morgan fingerprint density at radius 1 is 1.17 bits per heavy atom. The highest BCUT2D eigenvalue weighted by atomic mass is 16.5. The molecule has 0 saturated carbocycles. The molecule has 23 heavy (non-hydrogen) atoms. The van der Waals surface area contributed by atoms with E-state index in [1.165, 1.54) is 0 Å². The second kappa shape index (κ2) is 5.20. The van der Waals surface area contributed by atoms with Gasteiger partial charge in [-0.1, -0.05) is 5.16 Å². The van der Waals surface area contributed by atoms with E-state index in [9.17, 15) is 4.79 Å². The zero-order valence-corrected chi connectivity index (χ0v) is 12.4. The van der Waals surface area contributed by atoms with Gasteiger partial charge in [0, 0.05) is 30.1 Å². The highest BCUT2D eigenvalue weighted by molar-refractivity contribution is 5.80. The van der Waals surface area contributed by atoms with Crippen LogP contribution >= 0.6 is 0 Å². The molecule has 1 N–H and O–H groups in total. The zero-order valence-electron chi connectivity index (χ0n) is 12.4. The summed E-state index contributed by atoms with van der Waals surface area (Å²) in [5, 5.41) is 4.01. The van der Waals surface area contributed by atoms with Gasteiger partial charge in [-0.15, -0.1) is 0 Å². The molecule has 4 aromatic rings. The van der Waals surface area contributed by atoms with E-state index in [2.05, 4.69) is 20.1 Å². The lowest BCUT2D eigenvalue weighted by Gasteiger charge is -1.98. The largest absolute Gasteiger partial charge is 0.334 e. The van der Waals surface area contributed by atoms with Gasteiger partial charge in [0.1, 0.15) is 0 Å². The first-order valence-corrected chi connectivity index (χ1v) is 7.23. The Hall–Kier alpha value is -3.22. The molecule has 3 aromatic heterocycles. The van der Waals surface area contributed by atoms with Crippen molar-refractivity contribution in [2.24, 2.45) is 0 Å². The van der Waals surface area contributed by atoms with Crippen LogP contribution in [-0.4, -0.2) is 24.7 Å². The Bertz CT molecular complexity index is 1030. The third-order valence-electron chi connectivity index (χ3n) is 3.70. The lowest BCUT2D eigenvalue weighted by Crippen LogP contribution is -2.14. The second-order valence-electron chi connectivity index (χ2n) is 5.07. The molecular weight excluding hydrogens is 294 g/mol. The fourth-order valence-electron chi connectivity index (χ4n) is 2.57. The molecule has 114 valence electrons. The lowest BCUT2D eigenvalue weighted by molar-refractivity contribution is 0.432. The van der Waals surface area contributed by atoms with E-state index in [1.54, 1.807) is 29.1 Å². The summed E-state index contributed by atoms with van der Waals surface area (Å²) in [6, 6.07) is 9.22. The Balaban J connectivity index is 1.78. The van der Waals surface area contributed by atoms with Crippen molar-refractivity contribution in [3.05, 3.63) is 53.2 Å². The molecule has 3 heterocycles. The summed E-state index contributed by atoms with van der Waals surface area (Å²) < 4.78 is 6.98. The lowest BCUT2D eigenvalue weighted by atomic mass is 10.2. The zero-order chi connectivity index (χ0) is 15.8. The fraction of sp³-hybridized carbons (Fsp3) is 0.125. The Morgan fingerprint density at radius 3 is 2.78 bits per heavy atom. The van der Waals surface area contributed by atoms with Gasteiger partial charge in [-0.05, 0) is 37.3 Å². The number of aromatic nitrogens is 5. The molecule has 7 nitrogen and oxygen atoms in total. The SMILES string of the molecule is CCn1c(=O)[nH]c2cc(-c3noc(-c4ccncc4)n3)ccc21. The molecule has 1 aromatic carbocycles. The molecule has 0 unspecified atom stereocenters. The molecule has 0 amide bonds. The molecule has 0 saturated heterocycles. The van der Waals surface area contributed by atoms with Crippen molar-refractivity contribution < 1.29 is 4.52 Å². The third-order valence-corrected chi connectivity index (χ3v) is 3.70. The van der Waals surface area contributed by atoms with Crippen LogP contribution in [0, 0.1) is 0 Å². The van der Waals surface area contributed by atoms with Gasteiger partial charge in [0.25, 0.3) is 5.89 Å². The number of hydrogen-bond donors (Lipinski definition) is 1. The van der Waals surface area contributed by atoms with Crippen LogP contribution in [0.1, 0.15) is 6.92 Å². The first-order valence-electron chi connectivity index (χ1n) is 7.23. The monoisotopic (exact) mass is 307 g/mol. The van der Waals surface area contributed by atoms with Crippen molar-refractivity contribution in [3.63, 3.8) is 0 Å². The molecule has 4 rings (SSSR count). The highest BCUT2D eigenvalue weighted by Gasteiger charge is 2.12. The van der Waals surface area contributed by atoms with Gasteiger partial charge in [-0.3, -0.25) is 9.55 Å². The van der Waals surface area contributed by atoms with Gasteiger partial charge in [0.05, 0.1) is 11.0 Å². The van der Waals surface area contributed by atoms with Gasteiger partial charge >= 0.3 is 5.69 Å². The fourth-order valence-corrected chi connectivity index (χ4v) is 2.57. The quantitative estimate of drug-likeness (QED) is 0.628. The van der Waals surface area contributed by atoms with Crippen LogP contribution in [0.3, 0.4) is 0 Å². The summed E-state index contributed by atoms with van der Waals surface area (Å²) >= 11 is 0. The van der Waals surface area contributed by atoms with Crippen LogP contribution in [0.15, 0.2) is 52.0 Å².